The molecule has 0 aliphatic rings. The first-order chi connectivity index (χ1) is 10.5. The summed E-state index contributed by atoms with van der Waals surface area (Å²) in [5, 5.41) is 11.7. The summed E-state index contributed by atoms with van der Waals surface area (Å²) in [5.41, 5.74) is 0.694. The quantitative estimate of drug-likeness (QED) is 0.477. The summed E-state index contributed by atoms with van der Waals surface area (Å²) in [5.74, 6) is 0.722. The van der Waals surface area contributed by atoms with Crippen LogP contribution >= 0.6 is 0 Å². The molecule has 0 spiro atoms. The number of ether oxygens (including phenoxy) is 2. The van der Waals surface area contributed by atoms with Crippen LogP contribution in [0.5, 0.6) is 11.5 Å². The van der Waals surface area contributed by atoms with Crippen molar-refractivity contribution in [2.45, 2.75) is 20.0 Å². The number of hydrogen-bond acceptors (Lipinski definition) is 4. The first-order valence-corrected chi connectivity index (χ1v) is 6.87. The second kappa shape index (κ2) is 8.53. The lowest BCUT2D eigenvalue weighted by Gasteiger charge is -2.13. The van der Waals surface area contributed by atoms with Crippen molar-refractivity contribution in [3.63, 3.8) is 0 Å². The average molecular weight is 300 g/mol. The normalized spacial score (nSPS) is 10.8. The van der Waals surface area contributed by atoms with Crippen LogP contribution in [0, 0.1) is 11.3 Å². The van der Waals surface area contributed by atoms with Crippen molar-refractivity contribution >= 4 is 12.0 Å². The highest BCUT2D eigenvalue weighted by Gasteiger charge is 2.10. The van der Waals surface area contributed by atoms with Crippen molar-refractivity contribution in [1.29, 1.82) is 5.26 Å². The lowest BCUT2D eigenvalue weighted by atomic mass is 10.1. The zero-order valence-corrected chi connectivity index (χ0v) is 13.1. The second-order valence-corrected chi connectivity index (χ2v) is 4.75. The molecule has 0 aliphatic carbocycles. The number of methoxy groups -OCH3 is 1. The molecule has 0 bridgehead atoms. The van der Waals surface area contributed by atoms with Crippen LogP contribution in [0.1, 0.15) is 19.4 Å². The minimum Gasteiger partial charge on any atom is -0.493 e. The SMILES string of the molecule is C=CCNC(=O)/C(C#N)=C\c1ccc(OC(C)C)c(OC)c1. The van der Waals surface area contributed by atoms with Crippen molar-refractivity contribution in [2.75, 3.05) is 13.7 Å². The Morgan fingerprint density at radius 3 is 2.73 bits per heavy atom. The van der Waals surface area contributed by atoms with E-state index in [1.165, 1.54) is 13.2 Å². The van der Waals surface area contributed by atoms with E-state index in [4.69, 9.17) is 14.7 Å². The molecular formula is C17H20N2O3. The molecule has 0 unspecified atom stereocenters. The van der Waals surface area contributed by atoms with E-state index in [1.807, 2.05) is 19.9 Å². The maximum Gasteiger partial charge on any atom is 0.262 e. The predicted octanol–water partition coefficient (Wildman–Crippen LogP) is 2.69. The first kappa shape index (κ1) is 17.3. The molecule has 1 aromatic carbocycles. The van der Waals surface area contributed by atoms with Gasteiger partial charge in [-0.3, -0.25) is 4.79 Å². The summed E-state index contributed by atoms with van der Waals surface area (Å²) in [6.45, 7) is 7.66. The highest BCUT2D eigenvalue weighted by molar-refractivity contribution is 6.01. The lowest BCUT2D eigenvalue weighted by Crippen LogP contribution is -2.24. The molecule has 1 rings (SSSR count). The largest absolute Gasteiger partial charge is 0.493 e. The number of carbonyl (C=O) groups is 1. The van der Waals surface area contributed by atoms with E-state index in [1.54, 1.807) is 24.3 Å². The number of rotatable bonds is 7. The molecule has 1 aromatic rings. The van der Waals surface area contributed by atoms with E-state index in [-0.39, 0.29) is 11.7 Å². The molecular weight excluding hydrogens is 280 g/mol. The van der Waals surface area contributed by atoms with Crippen LogP contribution < -0.4 is 14.8 Å². The Bertz CT molecular complexity index is 613. The Hall–Kier alpha value is -2.74. The van der Waals surface area contributed by atoms with Gasteiger partial charge in [-0.15, -0.1) is 6.58 Å². The van der Waals surface area contributed by atoms with Gasteiger partial charge in [-0.05, 0) is 37.6 Å². The predicted molar refractivity (Wildman–Crippen MR) is 85.6 cm³/mol. The van der Waals surface area contributed by atoms with Crippen molar-refractivity contribution < 1.29 is 14.3 Å². The number of amides is 1. The van der Waals surface area contributed by atoms with Gasteiger partial charge in [0.2, 0.25) is 0 Å². The van der Waals surface area contributed by atoms with Crippen molar-refractivity contribution in [3.8, 4) is 17.6 Å². The molecule has 5 nitrogen and oxygen atoms in total. The highest BCUT2D eigenvalue weighted by Crippen LogP contribution is 2.29. The molecule has 116 valence electrons. The van der Waals surface area contributed by atoms with Crippen LogP contribution in [0.2, 0.25) is 0 Å². The number of nitrogens with zero attached hydrogens (tertiary/aromatic N) is 1. The molecule has 0 saturated heterocycles. The summed E-state index contributed by atoms with van der Waals surface area (Å²) >= 11 is 0. The number of nitrogens with one attached hydrogen (secondary N) is 1. The van der Waals surface area contributed by atoms with E-state index in [9.17, 15) is 4.79 Å². The standard InChI is InChI=1S/C17H20N2O3/c1-5-8-19-17(20)14(11-18)9-13-6-7-15(22-12(2)3)16(10-13)21-4/h5-7,9-10,12H,1,8H2,2-4H3,(H,19,20)/b14-9-. The van der Waals surface area contributed by atoms with Gasteiger partial charge >= 0.3 is 0 Å². The fourth-order valence-corrected chi connectivity index (χ4v) is 1.70. The maximum atomic E-state index is 11.8. The third-order valence-corrected chi connectivity index (χ3v) is 2.63. The number of hydrogen-bond donors (Lipinski definition) is 1. The summed E-state index contributed by atoms with van der Waals surface area (Å²) in [6.07, 6.45) is 3.07. The minimum absolute atomic E-state index is 0.0152. The van der Waals surface area contributed by atoms with Gasteiger partial charge in [-0.2, -0.15) is 5.26 Å². The highest BCUT2D eigenvalue weighted by atomic mass is 16.5. The Morgan fingerprint density at radius 1 is 1.45 bits per heavy atom. The molecule has 1 amide bonds. The summed E-state index contributed by atoms with van der Waals surface area (Å²) in [6, 6.07) is 7.12. The average Bonchev–Trinajstić information content (AvgIpc) is 2.50. The van der Waals surface area contributed by atoms with E-state index in [2.05, 4.69) is 11.9 Å². The minimum atomic E-state index is -0.441. The van der Waals surface area contributed by atoms with Crippen LogP contribution in [-0.2, 0) is 4.79 Å². The van der Waals surface area contributed by atoms with Crippen molar-refractivity contribution in [3.05, 3.63) is 42.0 Å². The van der Waals surface area contributed by atoms with Gasteiger partial charge in [0.05, 0.1) is 13.2 Å². The van der Waals surface area contributed by atoms with Crippen molar-refractivity contribution in [1.82, 2.24) is 5.32 Å². The molecule has 0 heterocycles. The maximum absolute atomic E-state index is 11.8. The number of benzene rings is 1. The monoisotopic (exact) mass is 300 g/mol. The Balaban J connectivity index is 3.05. The second-order valence-electron chi connectivity index (χ2n) is 4.75. The van der Waals surface area contributed by atoms with Crippen molar-refractivity contribution in [2.24, 2.45) is 0 Å². The zero-order valence-electron chi connectivity index (χ0n) is 13.1. The van der Waals surface area contributed by atoms with Gasteiger partial charge < -0.3 is 14.8 Å². The molecule has 0 aromatic heterocycles. The molecule has 5 heteroatoms. The number of nitriles is 1. The molecule has 0 atom stereocenters. The molecule has 0 saturated carbocycles. The fourth-order valence-electron chi connectivity index (χ4n) is 1.70. The Labute approximate surface area is 130 Å². The van der Waals surface area contributed by atoms with E-state index < -0.39 is 5.91 Å². The van der Waals surface area contributed by atoms with E-state index >= 15 is 0 Å². The molecule has 1 N–H and O–H groups in total. The third kappa shape index (κ3) is 4.98. The van der Waals surface area contributed by atoms with Crippen LogP contribution in [-0.4, -0.2) is 25.7 Å². The first-order valence-electron chi connectivity index (χ1n) is 6.87. The molecule has 0 fully saturated rings. The van der Waals surface area contributed by atoms with Crippen LogP contribution in [0.25, 0.3) is 6.08 Å². The van der Waals surface area contributed by atoms with Gasteiger partial charge in [-0.1, -0.05) is 12.1 Å². The summed E-state index contributed by atoms with van der Waals surface area (Å²) in [7, 11) is 1.54. The van der Waals surface area contributed by atoms with Crippen LogP contribution in [0.3, 0.4) is 0 Å². The lowest BCUT2D eigenvalue weighted by molar-refractivity contribution is -0.116. The number of carbonyl (C=O) groups excluding carboxylic acids is 1. The van der Waals surface area contributed by atoms with Gasteiger partial charge in [-0.25, -0.2) is 0 Å². The van der Waals surface area contributed by atoms with Crippen LogP contribution in [0.15, 0.2) is 36.4 Å². The molecule has 0 aliphatic heterocycles. The fraction of sp³-hybridized carbons (Fsp3) is 0.294. The third-order valence-electron chi connectivity index (χ3n) is 2.63. The smallest absolute Gasteiger partial charge is 0.262 e. The Kier molecular flexibility index (Phi) is 6.71. The summed E-state index contributed by atoms with van der Waals surface area (Å²) in [4.78, 5) is 11.8. The van der Waals surface area contributed by atoms with Crippen LogP contribution in [0.4, 0.5) is 0 Å². The molecule has 22 heavy (non-hydrogen) atoms. The zero-order chi connectivity index (χ0) is 16.5. The van der Waals surface area contributed by atoms with E-state index in [0.717, 1.165) is 0 Å². The van der Waals surface area contributed by atoms with Gasteiger partial charge in [0.15, 0.2) is 11.5 Å². The van der Waals surface area contributed by atoms with Gasteiger partial charge in [0, 0.05) is 6.54 Å². The summed E-state index contributed by atoms with van der Waals surface area (Å²) < 4.78 is 10.9. The molecule has 0 radical (unpaired) electrons. The van der Waals surface area contributed by atoms with Gasteiger partial charge in [0.1, 0.15) is 11.6 Å². The van der Waals surface area contributed by atoms with E-state index in [0.29, 0.717) is 23.6 Å². The van der Waals surface area contributed by atoms with Gasteiger partial charge in [0.25, 0.3) is 5.91 Å². The Morgan fingerprint density at radius 2 is 2.18 bits per heavy atom. The topological polar surface area (TPSA) is 71.4 Å².